The standard InChI is InChI=1S/C24H32ClN3O2/c1-16-26-22-20(25)14-17-13-19(15-28-11-6-3-7-18(28)8-12-29)30-23(17)21(22)24(27-16)9-4-2-5-10-24/h13-14,18,26-27,29H,1-12,15H2. The summed E-state index contributed by atoms with van der Waals surface area (Å²) in [6, 6.07) is 4.61. The van der Waals surface area contributed by atoms with Gasteiger partial charge in [-0.05, 0) is 50.8 Å². The van der Waals surface area contributed by atoms with E-state index in [1.165, 1.54) is 37.7 Å². The van der Waals surface area contributed by atoms with Crippen molar-refractivity contribution in [1.29, 1.82) is 0 Å². The molecule has 1 aromatic carbocycles. The SMILES string of the molecule is C=C1Nc2c(Cl)cc3cc(CN4CCCCC4CCO)oc3c2C2(CCCCC2)N1. The molecule has 0 amide bonds. The number of piperidine rings is 1. The Hall–Kier alpha value is -1.69. The molecule has 6 heteroatoms. The van der Waals surface area contributed by atoms with E-state index in [2.05, 4.69) is 28.2 Å². The topological polar surface area (TPSA) is 60.7 Å². The molecule has 1 aromatic heterocycles. The fourth-order valence-electron chi connectivity index (χ4n) is 5.87. The Bertz CT molecular complexity index is 946. The zero-order chi connectivity index (χ0) is 20.7. The lowest BCUT2D eigenvalue weighted by molar-refractivity contribution is 0.105. The van der Waals surface area contributed by atoms with Crippen molar-refractivity contribution >= 4 is 28.3 Å². The number of likely N-dealkylation sites (tertiary alicyclic amines) is 1. The van der Waals surface area contributed by atoms with Crippen molar-refractivity contribution in [2.75, 3.05) is 18.5 Å². The summed E-state index contributed by atoms with van der Waals surface area (Å²) in [7, 11) is 0. The van der Waals surface area contributed by atoms with Gasteiger partial charge in [0, 0.05) is 23.6 Å². The summed E-state index contributed by atoms with van der Waals surface area (Å²) < 4.78 is 6.54. The Morgan fingerprint density at radius 3 is 2.83 bits per heavy atom. The summed E-state index contributed by atoms with van der Waals surface area (Å²) in [6.07, 6.45) is 10.2. The molecule has 5 rings (SSSR count). The zero-order valence-electron chi connectivity index (χ0n) is 17.6. The Morgan fingerprint density at radius 2 is 2.03 bits per heavy atom. The quantitative estimate of drug-likeness (QED) is 0.601. The van der Waals surface area contributed by atoms with Crippen LogP contribution in [0.2, 0.25) is 5.02 Å². The second-order valence-corrected chi connectivity index (χ2v) is 9.65. The largest absolute Gasteiger partial charge is 0.459 e. The minimum Gasteiger partial charge on any atom is -0.459 e. The van der Waals surface area contributed by atoms with Crippen LogP contribution in [0.1, 0.15) is 69.1 Å². The first-order chi connectivity index (χ1) is 14.6. The number of hydrogen-bond donors (Lipinski definition) is 3. The molecule has 0 bridgehead atoms. The van der Waals surface area contributed by atoms with Gasteiger partial charge in [0.05, 0.1) is 28.6 Å². The van der Waals surface area contributed by atoms with Crippen LogP contribution in [-0.2, 0) is 12.1 Å². The molecule has 2 aromatic rings. The highest BCUT2D eigenvalue weighted by Crippen LogP contribution is 2.49. The lowest BCUT2D eigenvalue weighted by atomic mass is 9.74. The van der Waals surface area contributed by atoms with Crippen LogP contribution in [0.4, 0.5) is 5.69 Å². The van der Waals surface area contributed by atoms with E-state index in [0.29, 0.717) is 6.04 Å². The lowest BCUT2D eigenvalue weighted by Crippen LogP contribution is -2.48. The number of anilines is 1. The van der Waals surface area contributed by atoms with E-state index < -0.39 is 0 Å². The number of aliphatic hydroxyl groups is 1. The van der Waals surface area contributed by atoms with Gasteiger partial charge in [-0.3, -0.25) is 4.90 Å². The first-order valence-corrected chi connectivity index (χ1v) is 11.8. The van der Waals surface area contributed by atoms with Crippen molar-refractivity contribution in [3.8, 4) is 0 Å². The van der Waals surface area contributed by atoms with Gasteiger partial charge in [-0.15, -0.1) is 0 Å². The molecular formula is C24H32ClN3O2. The third-order valence-electron chi connectivity index (χ3n) is 7.23. The highest BCUT2D eigenvalue weighted by atomic mass is 35.5. The molecular weight excluding hydrogens is 398 g/mol. The molecule has 3 heterocycles. The first kappa shape index (κ1) is 20.2. The smallest absolute Gasteiger partial charge is 0.142 e. The van der Waals surface area contributed by atoms with Crippen LogP contribution in [-0.4, -0.2) is 29.2 Å². The van der Waals surface area contributed by atoms with E-state index in [4.69, 9.17) is 16.0 Å². The molecule has 1 saturated carbocycles. The van der Waals surface area contributed by atoms with Crippen LogP contribution < -0.4 is 10.6 Å². The summed E-state index contributed by atoms with van der Waals surface area (Å²) in [5.41, 5.74) is 2.92. The van der Waals surface area contributed by atoms with E-state index in [9.17, 15) is 5.11 Å². The first-order valence-electron chi connectivity index (χ1n) is 11.4. The molecule has 1 saturated heterocycles. The van der Waals surface area contributed by atoms with Gasteiger partial charge in [0.15, 0.2) is 0 Å². The number of aliphatic hydroxyl groups excluding tert-OH is 1. The van der Waals surface area contributed by atoms with E-state index in [-0.39, 0.29) is 12.1 Å². The van der Waals surface area contributed by atoms with Gasteiger partial charge < -0.3 is 20.2 Å². The molecule has 0 radical (unpaired) electrons. The Morgan fingerprint density at radius 1 is 1.20 bits per heavy atom. The maximum Gasteiger partial charge on any atom is 0.142 e. The average molecular weight is 430 g/mol. The number of furan rings is 1. The molecule has 1 spiro atoms. The molecule has 1 atom stereocenters. The highest BCUT2D eigenvalue weighted by molar-refractivity contribution is 6.34. The van der Waals surface area contributed by atoms with Crippen LogP contribution in [0.3, 0.4) is 0 Å². The summed E-state index contributed by atoms with van der Waals surface area (Å²) in [5, 5.41) is 18.3. The normalized spacial score (nSPS) is 23.9. The summed E-state index contributed by atoms with van der Waals surface area (Å²) in [5.74, 6) is 1.80. The van der Waals surface area contributed by atoms with E-state index in [1.54, 1.807) is 0 Å². The molecule has 2 fully saturated rings. The van der Waals surface area contributed by atoms with Gasteiger partial charge >= 0.3 is 0 Å². The van der Waals surface area contributed by atoms with Gasteiger partial charge in [-0.2, -0.15) is 0 Å². The maximum absolute atomic E-state index is 9.46. The highest BCUT2D eigenvalue weighted by Gasteiger charge is 2.42. The predicted molar refractivity (Wildman–Crippen MR) is 122 cm³/mol. The second kappa shape index (κ2) is 8.10. The molecule has 3 aliphatic rings. The number of fused-ring (bicyclic) bond motifs is 4. The molecule has 1 unspecified atom stereocenters. The number of hydrogen-bond acceptors (Lipinski definition) is 5. The number of nitrogens with one attached hydrogen (secondary N) is 2. The van der Waals surface area contributed by atoms with Gasteiger partial charge in [-0.1, -0.05) is 43.9 Å². The van der Waals surface area contributed by atoms with Crippen molar-refractivity contribution in [2.24, 2.45) is 0 Å². The van der Waals surface area contributed by atoms with Crippen molar-refractivity contribution in [3.05, 3.63) is 40.9 Å². The minimum absolute atomic E-state index is 0.154. The number of nitrogens with zero attached hydrogens (tertiary/aromatic N) is 1. The number of benzene rings is 1. The zero-order valence-corrected chi connectivity index (χ0v) is 18.4. The minimum atomic E-state index is -0.154. The van der Waals surface area contributed by atoms with Crippen molar-refractivity contribution < 1.29 is 9.52 Å². The average Bonchev–Trinajstić information content (AvgIpc) is 3.12. The van der Waals surface area contributed by atoms with Gasteiger partial charge in [0.1, 0.15) is 11.3 Å². The Kier molecular flexibility index (Phi) is 5.46. The molecule has 3 N–H and O–H groups in total. The van der Waals surface area contributed by atoms with E-state index in [0.717, 1.165) is 72.0 Å². The van der Waals surface area contributed by atoms with Gasteiger partial charge in [-0.25, -0.2) is 0 Å². The third-order valence-corrected chi connectivity index (χ3v) is 7.53. The number of halogens is 1. The molecule has 5 nitrogen and oxygen atoms in total. The fourth-order valence-corrected chi connectivity index (χ4v) is 6.13. The molecule has 30 heavy (non-hydrogen) atoms. The van der Waals surface area contributed by atoms with Crippen molar-refractivity contribution in [2.45, 2.75) is 75.9 Å². The van der Waals surface area contributed by atoms with E-state index in [1.807, 2.05) is 6.07 Å². The van der Waals surface area contributed by atoms with Gasteiger partial charge in [0.25, 0.3) is 0 Å². The number of rotatable bonds is 4. The summed E-state index contributed by atoms with van der Waals surface area (Å²) in [6.45, 7) is 6.24. The molecule has 162 valence electrons. The van der Waals surface area contributed by atoms with Crippen molar-refractivity contribution in [1.82, 2.24) is 10.2 Å². The van der Waals surface area contributed by atoms with Crippen LogP contribution in [0.25, 0.3) is 11.0 Å². The predicted octanol–water partition coefficient (Wildman–Crippen LogP) is 5.47. The fraction of sp³-hybridized carbons (Fsp3) is 0.583. The summed E-state index contributed by atoms with van der Waals surface area (Å²) >= 11 is 6.74. The van der Waals surface area contributed by atoms with Crippen LogP contribution >= 0.6 is 11.6 Å². The monoisotopic (exact) mass is 429 g/mol. The Balaban J connectivity index is 1.55. The molecule has 1 aliphatic carbocycles. The third kappa shape index (κ3) is 3.51. The lowest BCUT2D eigenvalue weighted by Gasteiger charge is -2.44. The van der Waals surface area contributed by atoms with E-state index >= 15 is 0 Å². The maximum atomic E-state index is 9.46. The molecule has 2 aliphatic heterocycles. The second-order valence-electron chi connectivity index (χ2n) is 9.24. The van der Waals surface area contributed by atoms with Crippen LogP contribution in [0, 0.1) is 0 Å². The van der Waals surface area contributed by atoms with Gasteiger partial charge in [0.2, 0.25) is 0 Å². The van der Waals surface area contributed by atoms with Crippen molar-refractivity contribution in [3.63, 3.8) is 0 Å². The summed E-state index contributed by atoms with van der Waals surface area (Å²) in [4.78, 5) is 2.47. The Labute approximate surface area is 183 Å². The van der Waals surface area contributed by atoms with Crippen LogP contribution in [0.15, 0.2) is 28.9 Å². The van der Waals surface area contributed by atoms with Crippen LogP contribution in [0.5, 0.6) is 0 Å².